The molecular formula is C18H12F3N5OS. The third-order valence-corrected chi connectivity index (χ3v) is 4.79. The fraction of sp³-hybridized carbons (Fsp3) is 0.111. The lowest BCUT2D eigenvalue weighted by atomic mass is 10.2. The van der Waals surface area contributed by atoms with E-state index in [0.717, 1.165) is 21.5 Å². The number of benzene rings is 2. The molecule has 2 aromatic carbocycles. The fourth-order valence-corrected chi connectivity index (χ4v) is 3.49. The van der Waals surface area contributed by atoms with Crippen LogP contribution in [0.4, 0.5) is 18.3 Å². The Bertz CT molecular complexity index is 1140. The van der Waals surface area contributed by atoms with Crippen LogP contribution in [0.25, 0.3) is 21.6 Å². The maximum absolute atomic E-state index is 13.3. The number of para-hydroxylation sites is 2. The zero-order valence-electron chi connectivity index (χ0n) is 14.1. The van der Waals surface area contributed by atoms with Crippen molar-refractivity contribution in [1.82, 2.24) is 19.7 Å². The van der Waals surface area contributed by atoms with Gasteiger partial charge in [-0.2, -0.15) is 13.2 Å². The smallest absolute Gasteiger partial charge is 0.311 e. The molecular weight excluding hydrogens is 391 g/mol. The first-order valence-electron chi connectivity index (χ1n) is 8.13. The number of nitrogens with one attached hydrogen (secondary N) is 1. The molecule has 0 bridgehead atoms. The van der Waals surface area contributed by atoms with Crippen LogP contribution in [0.5, 0.6) is 0 Å². The van der Waals surface area contributed by atoms with Crippen molar-refractivity contribution >= 4 is 33.4 Å². The van der Waals surface area contributed by atoms with Crippen LogP contribution < -0.4 is 5.32 Å². The number of amides is 1. The lowest BCUT2D eigenvalue weighted by Crippen LogP contribution is -2.23. The predicted octanol–water partition coefficient (Wildman–Crippen LogP) is 4.21. The van der Waals surface area contributed by atoms with Crippen molar-refractivity contribution in [2.45, 2.75) is 12.7 Å². The fourth-order valence-electron chi connectivity index (χ4n) is 2.73. The minimum absolute atomic E-state index is 0.171. The molecule has 4 aromatic rings. The van der Waals surface area contributed by atoms with Gasteiger partial charge in [0.1, 0.15) is 11.6 Å². The third kappa shape index (κ3) is 3.58. The number of imidazole rings is 1. The Labute approximate surface area is 160 Å². The molecule has 1 N–H and O–H groups in total. The second kappa shape index (κ2) is 7.04. The Hall–Kier alpha value is -3.27. The molecule has 28 heavy (non-hydrogen) atoms. The third-order valence-electron chi connectivity index (χ3n) is 3.90. The molecule has 0 aliphatic rings. The molecule has 0 fully saturated rings. The Balaban J connectivity index is 1.57. The number of nitrogens with zero attached hydrogens (tertiary/aromatic N) is 4. The van der Waals surface area contributed by atoms with Crippen LogP contribution in [-0.4, -0.2) is 25.7 Å². The highest BCUT2D eigenvalue weighted by molar-refractivity contribution is 7.18. The summed E-state index contributed by atoms with van der Waals surface area (Å²) in [6.07, 6.45) is -4.68. The van der Waals surface area contributed by atoms with Gasteiger partial charge in [0.05, 0.1) is 11.0 Å². The predicted molar refractivity (Wildman–Crippen MR) is 98.7 cm³/mol. The van der Waals surface area contributed by atoms with Crippen LogP contribution >= 0.6 is 11.3 Å². The molecule has 0 aliphatic carbocycles. The van der Waals surface area contributed by atoms with Crippen molar-refractivity contribution in [2.75, 3.05) is 5.32 Å². The van der Waals surface area contributed by atoms with Crippen molar-refractivity contribution in [2.24, 2.45) is 0 Å². The molecule has 4 rings (SSSR count). The summed E-state index contributed by atoms with van der Waals surface area (Å²) in [6, 6.07) is 15.4. The van der Waals surface area contributed by atoms with Crippen LogP contribution in [0.3, 0.4) is 0 Å². The maximum Gasteiger partial charge on any atom is 0.449 e. The number of carbonyl (C=O) groups excluding carboxylic acids is 1. The van der Waals surface area contributed by atoms with Crippen molar-refractivity contribution < 1.29 is 18.0 Å². The van der Waals surface area contributed by atoms with Crippen LogP contribution in [0.15, 0.2) is 54.6 Å². The molecule has 2 heterocycles. The van der Waals surface area contributed by atoms with Gasteiger partial charge in [-0.05, 0) is 12.1 Å². The molecule has 6 nitrogen and oxygen atoms in total. The first-order valence-corrected chi connectivity index (χ1v) is 8.95. The van der Waals surface area contributed by atoms with E-state index in [0.29, 0.717) is 5.01 Å². The molecule has 10 heteroatoms. The van der Waals surface area contributed by atoms with E-state index in [-0.39, 0.29) is 16.2 Å². The molecule has 0 radical (unpaired) electrons. The number of halogens is 3. The molecule has 142 valence electrons. The van der Waals surface area contributed by atoms with Gasteiger partial charge in [0.2, 0.25) is 16.9 Å². The minimum atomic E-state index is -4.68. The molecule has 0 unspecified atom stereocenters. The van der Waals surface area contributed by atoms with Gasteiger partial charge >= 0.3 is 6.18 Å². The van der Waals surface area contributed by atoms with Gasteiger partial charge in [0, 0.05) is 5.56 Å². The molecule has 0 saturated carbocycles. The van der Waals surface area contributed by atoms with E-state index in [1.54, 1.807) is 12.1 Å². The summed E-state index contributed by atoms with van der Waals surface area (Å²) in [5.74, 6) is -1.77. The summed E-state index contributed by atoms with van der Waals surface area (Å²) in [7, 11) is 0. The van der Waals surface area contributed by atoms with E-state index in [1.807, 2.05) is 30.3 Å². The lowest BCUT2D eigenvalue weighted by Gasteiger charge is -2.10. The average molecular weight is 403 g/mol. The highest BCUT2D eigenvalue weighted by atomic mass is 32.1. The van der Waals surface area contributed by atoms with Gasteiger partial charge in [0.25, 0.3) is 0 Å². The van der Waals surface area contributed by atoms with Crippen LogP contribution in [0.2, 0.25) is 0 Å². The van der Waals surface area contributed by atoms with Gasteiger partial charge in [0.15, 0.2) is 0 Å². The molecule has 0 atom stereocenters. The topological polar surface area (TPSA) is 72.7 Å². The molecule has 2 aromatic heterocycles. The van der Waals surface area contributed by atoms with Crippen LogP contribution in [-0.2, 0) is 17.5 Å². The van der Waals surface area contributed by atoms with E-state index in [9.17, 15) is 18.0 Å². The van der Waals surface area contributed by atoms with Crippen molar-refractivity contribution in [1.29, 1.82) is 0 Å². The number of hydrogen-bond acceptors (Lipinski definition) is 5. The molecule has 0 aliphatic heterocycles. The zero-order valence-corrected chi connectivity index (χ0v) is 15.0. The summed E-state index contributed by atoms with van der Waals surface area (Å²) in [5, 5.41) is 11.2. The van der Waals surface area contributed by atoms with E-state index in [1.165, 1.54) is 12.1 Å². The highest BCUT2D eigenvalue weighted by Gasteiger charge is 2.38. The zero-order chi connectivity index (χ0) is 19.7. The molecule has 1 amide bonds. The highest BCUT2D eigenvalue weighted by Crippen LogP contribution is 2.31. The number of carbonyl (C=O) groups is 1. The first kappa shape index (κ1) is 18.1. The average Bonchev–Trinajstić information content (AvgIpc) is 3.27. The summed E-state index contributed by atoms with van der Waals surface area (Å²) in [5.41, 5.74) is 1.23. The monoisotopic (exact) mass is 403 g/mol. The van der Waals surface area contributed by atoms with Gasteiger partial charge < -0.3 is 4.57 Å². The van der Waals surface area contributed by atoms with E-state index < -0.39 is 24.5 Å². The first-order chi connectivity index (χ1) is 13.4. The Kier molecular flexibility index (Phi) is 4.55. The summed E-state index contributed by atoms with van der Waals surface area (Å²) < 4.78 is 40.8. The normalized spacial score (nSPS) is 11.7. The maximum atomic E-state index is 13.3. The number of rotatable bonds is 4. The van der Waals surface area contributed by atoms with Gasteiger partial charge in [-0.15, -0.1) is 10.2 Å². The number of alkyl halides is 3. The largest absolute Gasteiger partial charge is 0.449 e. The van der Waals surface area contributed by atoms with Crippen LogP contribution in [0.1, 0.15) is 5.82 Å². The SMILES string of the molecule is O=C(Cn1c(C(F)(F)F)nc2ccccc21)Nc1nnc(-c2ccccc2)s1. The number of fused-ring (bicyclic) bond motifs is 1. The van der Waals surface area contributed by atoms with Crippen molar-refractivity contribution in [3.8, 4) is 10.6 Å². The van der Waals surface area contributed by atoms with Gasteiger partial charge in [-0.3, -0.25) is 10.1 Å². The number of aromatic nitrogens is 4. The molecule has 0 spiro atoms. The Morgan fingerprint density at radius 2 is 1.75 bits per heavy atom. The summed E-state index contributed by atoms with van der Waals surface area (Å²) >= 11 is 1.14. The van der Waals surface area contributed by atoms with E-state index >= 15 is 0 Å². The Morgan fingerprint density at radius 3 is 2.50 bits per heavy atom. The van der Waals surface area contributed by atoms with E-state index in [2.05, 4.69) is 20.5 Å². The second-order valence-corrected chi connectivity index (χ2v) is 6.81. The van der Waals surface area contributed by atoms with Gasteiger partial charge in [-0.25, -0.2) is 4.98 Å². The summed E-state index contributed by atoms with van der Waals surface area (Å²) in [4.78, 5) is 16.0. The quantitative estimate of drug-likeness (QED) is 0.554. The Morgan fingerprint density at radius 1 is 1.04 bits per heavy atom. The number of anilines is 1. The van der Waals surface area contributed by atoms with Crippen molar-refractivity contribution in [3.05, 3.63) is 60.4 Å². The number of hydrogen-bond donors (Lipinski definition) is 1. The minimum Gasteiger partial charge on any atom is -0.311 e. The molecule has 0 saturated heterocycles. The van der Waals surface area contributed by atoms with E-state index in [4.69, 9.17) is 0 Å². The standard InChI is InChI=1S/C18H12F3N5OS/c19-18(20,21)16-22-12-8-4-5-9-13(12)26(16)10-14(27)23-17-25-24-15(28-17)11-6-2-1-3-7-11/h1-9H,10H2,(H,23,25,27). The lowest BCUT2D eigenvalue weighted by molar-refractivity contribution is -0.147. The van der Waals surface area contributed by atoms with Gasteiger partial charge in [-0.1, -0.05) is 53.8 Å². The second-order valence-electron chi connectivity index (χ2n) is 5.83. The van der Waals surface area contributed by atoms with Crippen LogP contribution in [0, 0.1) is 0 Å². The van der Waals surface area contributed by atoms with Crippen molar-refractivity contribution in [3.63, 3.8) is 0 Å². The summed E-state index contributed by atoms with van der Waals surface area (Å²) in [6.45, 7) is -0.546.